The lowest BCUT2D eigenvalue weighted by molar-refractivity contribution is -0.438. The van der Waals surface area contributed by atoms with Crippen molar-refractivity contribution in [1.82, 2.24) is 5.06 Å². The number of allylic oxidation sites excluding steroid dienone is 4. The minimum Gasteiger partial charge on any atom is -0.744 e. The molecule has 0 spiro atoms. The SMILES string of the molecule is CCN1/C(=C/C=C/C2=[N+](CCCCCC(=O)ON3C(=O)CCC3=O)c3ccc(S(=O)(=O)[O-])cc3C2(C)CCOC)C(C)(CCOC)c2cc(S(=O)(=O)[O-])ccc21. The van der Waals surface area contributed by atoms with Crippen LogP contribution in [0.3, 0.4) is 0 Å². The first-order valence-electron chi connectivity index (χ1n) is 18.5. The Bertz CT molecular complexity index is 2180. The predicted octanol–water partition coefficient (Wildman–Crippen LogP) is 4.33. The number of benzene rings is 2. The lowest BCUT2D eigenvalue weighted by atomic mass is 9.76. The Morgan fingerprint density at radius 1 is 0.857 bits per heavy atom. The van der Waals surface area contributed by atoms with Gasteiger partial charge < -0.3 is 28.3 Å². The Morgan fingerprint density at radius 3 is 2.04 bits per heavy atom. The zero-order valence-corrected chi connectivity index (χ0v) is 33.9. The van der Waals surface area contributed by atoms with E-state index in [1.807, 2.05) is 39.0 Å². The Balaban J connectivity index is 1.51. The molecule has 2 atom stereocenters. The lowest BCUT2D eigenvalue weighted by Gasteiger charge is -2.29. The molecule has 0 saturated carbocycles. The van der Waals surface area contributed by atoms with Crippen LogP contribution in [0.4, 0.5) is 11.4 Å². The molecule has 0 aromatic heterocycles. The van der Waals surface area contributed by atoms with Crippen LogP contribution in [0, 0.1) is 0 Å². The van der Waals surface area contributed by atoms with E-state index in [0.717, 1.165) is 17.1 Å². The van der Waals surface area contributed by atoms with Gasteiger partial charge >= 0.3 is 5.97 Å². The van der Waals surface area contributed by atoms with Crippen LogP contribution in [0.2, 0.25) is 0 Å². The smallest absolute Gasteiger partial charge is 0.333 e. The molecule has 0 bridgehead atoms. The van der Waals surface area contributed by atoms with Gasteiger partial charge in [0.15, 0.2) is 5.71 Å². The number of hydrogen-bond donors (Lipinski definition) is 0. The van der Waals surface area contributed by atoms with Gasteiger partial charge in [-0.15, -0.1) is 5.06 Å². The van der Waals surface area contributed by atoms with E-state index >= 15 is 0 Å². The molecule has 3 heterocycles. The van der Waals surface area contributed by atoms with E-state index in [4.69, 9.17) is 14.3 Å². The number of imide groups is 1. The van der Waals surface area contributed by atoms with Crippen LogP contribution >= 0.6 is 0 Å². The quantitative estimate of drug-likeness (QED) is 0.0892. The number of carbonyl (C=O) groups is 3. The third-order valence-corrected chi connectivity index (χ3v) is 12.6. The highest BCUT2D eigenvalue weighted by Crippen LogP contribution is 2.51. The van der Waals surface area contributed by atoms with Gasteiger partial charge in [-0.2, -0.15) is 4.58 Å². The minimum atomic E-state index is -4.77. The van der Waals surface area contributed by atoms with Crippen LogP contribution in [0.15, 0.2) is 70.1 Å². The average molecular weight is 815 g/mol. The summed E-state index contributed by atoms with van der Waals surface area (Å²) in [6.45, 7) is 7.60. The molecule has 17 heteroatoms. The average Bonchev–Trinajstić information content (AvgIpc) is 3.68. The van der Waals surface area contributed by atoms with E-state index in [1.165, 1.54) is 24.3 Å². The van der Waals surface area contributed by atoms with E-state index in [1.54, 1.807) is 26.4 Å². The second-order valence-corrected chi connectivity index (χ2v) is 17.2. The Hall–Kier alpha value is -4.26. The van der Waals surface area contributed by atoms with Gasteiger partial charge in [-0.25, -0.2) is 21.6 Å². The second-order valence-electron chi connectivity index (χ2n) is 14.5. The van der Waals surface area contributed by atoms with Crippen molar-refractivity contribution in [2.24, 2.45) is 0 Å². The molecule has 0 aliphatic carbocycles. The van der Waals surface area contributed by atoms with E-state index in [9.17, 15) is 40.3 Å². The molecule has 2 amide bonds. The largest absolute Gasteiger partial charge is 0.744 e. The molecule has 1 saturated heterocycles. The Morgan fingerprint density at radius 2 is 1.45 bits per heavy atom. The van der Waals surface area contributed by atoms with Crippen LogP contribution < -0.4 is 4.90 Å². The number of anilines is 1. The van der Waals surface area contributed by atoms with E-state index in [0.29, 0.717) is 80.3 Å². The molecule has 5 rings (SSSR count). The first kappa shape index (κ1) is 42.9. The number of hydroxylamine groups is 2. The molecule has 304 valence electrons. The van der Waals surface area contributed by atoms with Crippen molar-refractivity contribution in [1.29, 1.82) is 0 Å². The first-order chi connectivity index (χ1) is 26.4. The number of methoxy groups -OCH3 is 2. The van der Waals surface area contributed by atoms with Crippen molar-refractivity contribution in [3.63, 3.8) is 0 Å². The van der Waals surface area contributed by atoms with Gasteiger partial charge in [0.25, 0.3) is 11.8 Å². The third-order valence-electron chi connectivity index (χ3n) is 10.9. The number of unbranched alkanes of at least 4 members (excludes halogenated alkanes) is 2. The molecular weight excluding hydrogens is 767 g/mol. The summed E-state index contributed by atoms with van der Waals surface area (Å²) in [5.74, 6) is -1.77. The fourth-order valence-electron chi connectivity index (χ4n) is 7.85. The maximum absolute atomic E-state index is 12.4. The Labute approximate surface area is 328 Å². The highest BCUT2D eigenvalue weighted by molar-refractivity contribution is 7.86. The highest BCUT2D eigenvalue weighted by atomic mass is 32.2. The molecule has 3 aliphatic rings. The van der Waals surface area contributed by atoms with E-state index in [-0.39, 0.29) is 29.1 Å². The topological polar surface area (TPSA) is 203 Å². The van der Waals surface area contributed by atoms with Crippen LogP contribution in [-0.4, -0.2) is 99.6 Å². The normalized spacial score (nSPS) is 21.9. The van der Waals surface area contributed by atoms with Gasteiger partial charge in [0.1, 0.15) is 26.8 Å². The lowest BCUT2D eigenvalue weighted by Crippen LogP contribution is -2.33. The summed E-state index contributed by atoms with van der Waals surface area (Å²) < 4.78 is 85.7. The molecule has 1 fully saturated rings. The summed E-state index contributed by atoms with van der Waals surface area (Å²) in [7, 11) is -6.34. The predicted molar refractivity (Wildman–Crippen MR) is 202 cm³/mol. The Kier molecular flexibility index (Phi) is 13.1. The maximum atomic E-state index is 12.4. The highest BCUT2D eigenvalue weighted by Gasteiger charge is 2.48. The van der Waals surface area contributed by atoms with E-state index in [2.05, 4.69) is 9.48 Å². The zero-order chi connectivity index (χ0) is 41.1. The van der Waals surface area contributed by atoms with Gasteiger partial charge in [-0.05, 0) is 88.4 Å². The van der Waals surface area contributed by atoms with E-state index < -0.39 is 48.8 Å². The molecule has 56 heavy (non-hydrogen) atoms. The van der Waals surface area contributed by atoms with Crippen LogP contribution in [0.1, 0.15) is 83.3 Å². The molecule has 0 N–H and O–H groups in total. The number of ether oxygens (including phenoxy) is 2. The fourth-order valence-corrected chi connectivity index (χ4v) is 8.84. The molecule has 0 radical (unpaired) electrons. The number of rotatable bonds is 18. The van der Waals surface area contributed by atoms with Crippen molar-refractivity contribution in [3.05, 3.63) is 71.5 Å². The monoisotopic (exact) mass is 814 g/mol. The summed E-state index contributed by atoms with van der Waals surface area (Å²) in [6, 6.07) is 8.76. The van der Waals surface area contributed by atoms with Gasteiger partial charge in [-0.1, -0.05) is 6.08 Å². The summed E-state index contributed by atoms with van der Waals surface area (Å²) in [5.41, 5.74) is 2.95. The van der Waals surface area contributed by atoms with Gasteiger partial charge in [0.2, 0.25) is 5.69 Å². The first-order valence-corrected chi connectivity index (χ1v) is 21.3. The van der Waals surface area contributed by atoms with Crippen molar-refractivity contribution in [2.75, 3.05) is 45.4 Å². The fraction of sp³-hybridized carbons (Fsp3) is 0.487. The number of amides is 2. The summed E-state index contributed by atoms with van der Waals surface area (Å²) in [5, 5.41) is 0.530. The molecule has 2 unspecified atom stereocenters. The summed E-state index contributed by atoms with van der Waals surface area (Å²) in [4.78, 5) is 42.5. The molecule has 3 aliphatic heterocycles. The van der Waals surface area contributed by atoms with Crippen molar-refractivity contribution < 1.29 is 59.2 Å². The standard InChI is InChI=1S/C39H49N3O12S2/c1-6-40-31-16-14-27(55(46,47)48)25-29(31)38(2,20-23-52-4)33(40)11-10-12-34-39(3,21-24-53-5)30-26-28(56(49,50)51)15-17-32(30)41(34)22-9-7-8-13-37(45)54-42-35(43)18-19-36(42)44/h10-12,14-17,25-26H,6-9,13,18-24H2,1-5H3,(H-,46,47,48,49,50,51)/p-1. The van der Waals surface area contributed by atoms with Gasteiger partial charge in [0.05, 0.1) is 15.2 Å². The van der Waals surface area contributed by atoms with Crippen molar-refractivity contribution in [2.45, 2.75) is 92.8 Å². The maximum Gasteiger partial charge on any atom is 0.333 e. The number of hydrogen-bond acceptors (Lipinski definition) is 13. The summed E-state index contributed by atoms with van der Waals surface area (Å²) in [6.07, 6.45) is 8.30. The number of nitrogens with zero attached hydrogens (tertiary/aromatic N) is 3. The minimum absolute atomic E-state index is 0.00559. The molecular formula is C39H48N3O12S2-. The van der Waals surface area contributed by atoms with Crippen molar-refractivity contribution >= 4 is 55.1 Å². The molecule has 2 aromatic carbocycles. The van der Waals surface area contributed by atoms with Crippen LogP contribution in [0.25, 0.3) is 0 Å². The van der Waals surface area contributed by atoms with Gasteiger partial charge in [-0.3, -0.25) is 9.59 Å². The van der Waals surface area contributed by atoms with Crippen molar-refractivity contribution in [3.8, 4) is 0 Å². The number of carbonyl (C=O) groups excluding carboxylic acids is 3. The molecule has 2 aromatic rings. The molecule has 15 nitrogen and oxygen atoms in total. The third kappa shape index (κ3) is 8.67. The number of fused-ring (bicyclic) bond motifs is 2. The van der Waals surface area contributed by atoms with Gasteiger partial charge in [0, 0.05) is 94.2 Å². The number of likely N-dealkylation sites (N-methyl/N-ethyl adjacent to an activating group) is 1. The zero-order valence-electron chi connectivity index (χ0n) is 32.2. The van der Waals surface area contributed by atoms with Crippen LogP contribution in [-0.2, 0) is 59.8 Å². The van der Waals surface area contributed by atoms with Crippen LogP contribution in [0.5, 0.6) is 0 Å². The summed E-state index contributed by atoms with van der Waals surface area (Å²) >= 11 is 0. The second kappa shape index (κ2) is 17.1.